The van der Waals surface area contributed by atoms with Gasteiger partial charge in [-0.2, -0.15) is 10.1 Å². The van der Waals surface area contributed by atoms with Crippen molar-refractivity contribution < 1.29 is 14.1 Å². The van der Waals surface area contributed by atoms with Gasteiger partial charge in [0.25, 0.3) is 5.89 Å². The Morgan fingerprint density at radius 2 is 2.08 bits per heavy atom. The molecule has 8 nitrogen and oxygen atoms in total. The Bertz CT molecular complexity index is 699. The topological polar surface area (TPSA) is 95.1 Å². The molecule has 2 aromatic heterocycles. The van der Waals surface area contributed by atoms with Gasteiger partial charge in [-0.25, -0.2) is 4.79 Å². The Morgan fingerprint density at radius 3 is 2.72 bits per heavy atom. The van der Waals surface area contributed by atoms with E-state index in [9.17, 15) is 4.79 Å². The van der Waals surface area contributed by atoms with E-state index in [0.717, 1.165) is 12.2 Å². The van der Waals surface area contributed by atoms with E-state index in [1.165, 1.54) is 0 Å². The maximum Gasteiger partial charge on any atom is 0.407 e. The van der Waals surface area contributed by atoms with E-state index < -0.39 is 11.7 Å². The van der Waals surface area contributed by atoms with Crippen molar-refractivity contribution in [1.29, 1.82) is 0 Å². The van der Waals surface area contributed by atoms with E-state index in [-0.39, 0.29) is 5.92 Å². The summed E-state index contributed by atoms with van der Waals surface area (Å²) < 4.78 is 12.4. The highest BCUT2D eigenvalue weighted by atomic mass is 16.6. The Morgan fingerprint density at radius 1 is 1.36 bits per heavy atom. The van der Waals surface area contributed by atoms with Gasteiger partial charge < -0.3 is 14.6 Å². The van der Waals surface area contributed by atoms with Crippen molar-refractivity contribution in [2.45, 2.75) is 59.6 Å². The number of nitrogens with one attached hydrogen (secondary N) is 1. The second-order valence-corrected chi connectivity index (χ2v) is 7.53. The van der Waals surface area contributed by atoms with Crippen LogP contribution >= 0.6 is 0 Å². The molecule has 1 atom stereocenters. The van der Waals surface area contributed by atoms with Gasteiger partial charge in [0, 0.05) is 25.2 Å². The Hall–Kier alpha value is -2.38. The van der Waals surface area contributed by atoms with Gasteiger partial charge in [-0.1, -0.05) is 25.9 Å². The minimum atomic E-state index is -0.526. The normalized spacial score (nSPS) is 13.1. The minimum absolute atomic E-state index is 0.105. The molecule has 138 valence electrons. The molecule has 1 amide bonds. The average Bonchev–Trinajstić information content (AvgIpc) is 3.10. The number of carbonyl (C=O) groups is 1. The number of aromatic nitrogens is 4. The maximum atomic E-state index is 11.7. The van der Waals surface area contributed by atoms with Gasteiger partial charge in [-0.3, -0.25) is 4.68 Å². The molecule has 25 heavy (non-hydrogen) atoms. The minimum Gasteiger partial charge on any atom is -0.444 e. The van der Waals surface area contributed by atoms with E-state index in [1.807, 2.05) is 38.4 Å². The van der Waals surface area contributed by atoms with Crippen LogP contribution in [-0.2, 0) is 11.3 Å². The molecular weight excluding hydrogens is 322 g/mol. The zero-order chi connectivity index (χ0) is 18.6. The van der Waals surface area contributed by atoms with Crippen LogP contribution in [0.4, 0.5) is 4.79 Å². The standard InChI is InChI=1S/C17H27N5O3/c1-11(2)10-22-13(7-8-19-22)15-20-14(21-25-15)12(3)9-18-16(23)24-17(4,5)6/h7-8,11-12H,9-10H2,1-6H3,(H,18,23)/t12-/m0/s1. The molecule has 0 bridgehead atoms. The third kappa shape index (κ3) is 5.58. The highest BCUT2D eigenvalue weighted by Gasteiger charge is 2.20. The quantitative estimate of drug-likeness (QED) is 0.860. The number of rotatable bonds is 6. The SMILES string of the molecule is CC(C)Cn1nccc1-c1nc([C@@H](C)CNC(=O)OC(C)(C)C)no1. The molecule has 0 radical (unpaired) electrons. The molecule has 2 heterocycles. The molecule has 0 aliphatic rings. The van der Waals surface area contributed by atoms with Gasteiger partial charge in [-0.15, -0.1) is 0 Å². The molecule has 0 saturated heterocycles. The van der Waals surface area contributed by atoms with Crippen LogP contribution in [-0.4, -0.2) is 38.2 Å². The number of hydrogen-bond donors (Lipinski definition) is 1. The zero-order valence-electron chi connectivity index (χ0n) is 15.7. The predicted molar refractivity (Wildman–Crippen MR) is 93.0 cm³/mol. The summed E-state index contributed by atoms with van der Waals surface area (Å²) in [4.78, 5) is 16.2. The van der Waals surface area contributed by atoms with Crippen LogP contribution < -0.4 is 5.32 Å². The van der Waals surface area contributed by atoms with Crippen LogP contribution in [0.25, 0.3) is 11.6 Å². The fourth-order valence-corrected chi connectivity index (χ4v) is 2.19. The van der Waals surface area contributed by atoms with Crippen molar-refractivity contribution in [2.24, 2.45) is 5.92 Å². The smallest absolute Gasteiger partial charge is 0.407 e. The predicted octanol–water partition coefficient (Wildman–Crippen LogP) is 3.22. The second kappa shape index (κ2) is 7.67. The van der Waals surface area contributed by atoms with Gasteiger partial charge in [0.05, 0.1) is 0 Å². The third-order valence-corrected chi connectivity index (χ3v) is 3.31. The Balaban J connectivity index is 1.99. The van der Waals surface area contributed by atoms with Gasteiger partial charge in [0.2, 0.25) is 0 Å². The molecule has 0 aliphatic heterocycles. The van der Waals surface area contributed by atoms with Crippen molar-refractivity contribution in [1.82, 2.24) is 25.2 Å². The van der Waals surface area contributed by atoms with Crippen LogP contribution in [0.5, 0.6) is 0 Å². The first-order valence-electron chi connectivity index (χ1n) is 8.48. The molecular formula is C17H27N5O3. The molecule has 0 saturated carbocycles. The van der Waals surface area contributed by atoms with Gasteiger partial charge in [0.15, 0.2) is 5.82 Å². The highest BCUT2D eigenvalue weighted by molar-refractivity contribution is 5.67. The summed E-state index contributed by atoms with van der Waals surface area (Å²) in [5, 5.41) is 11.0. The van der Waals surface area contributed by atoms with E-state index in [1.54, 1.807) is 6.20 Å². The third-order valence-electron chi connectivity index (χ3n) is 3.31. The lowest BCUT2D eigenvalue weighted by Crippen LogP contribution is -2.34. The molecule has 0 fully saturated rings. The second-order valence-electron chi connectivity index (χ2n) is 7.53. The van der Waals surface area contributed by atoms with Crippen molar-refractivity contribution in [3.05, 3.63) is 18.1 Å². The first-order valence-corrected chi connectivity index (χ1v) is 8.48. The fraction of sp³-hybridized carbons (Fsp3) is 0.647. The van der Waals surface area contributed by atoms with Crippen molar-refractivity contribution in [3.8, 4) is 11.6 Å². The zero-order valence-corrected chi connectivity index (χ0v) is 15.7. The number of ether oxygens (including phenoxy) is 1. The molecule has 0 spiro atoms. The van der Waals surface area contributed by atoms with E-state index >= 15 is 0 Å². The first kappa shape index (κ1) is 19.0. The van der Waals surface area contributed by atoms with Gasteiger partial charge >= 0.3 is 6.09 Å². The largest absolute Gasteiger partial charge is 0.444 e. The molecule has 8 heteroatoms. The van der Waals surface area contributed by atoms with Crippen LogP contribution in [0.1, 0.15) is 53.3 Å². The number of carbonyl (C=O) groups excluding carboxylic acids is 1. The maximum absolute atomic E-state index is 11.7. The summed E-state index contributed by atoms with van der Waals surface area (Å²) in [6, 6.07) is 1.85. The molecule has 2 aromatic rings. The van der Waals surface area contributed by atoms with Crippen LogP contribution in [0.2, 0.25) is 0 Å². The molecule has 0 aromatic carbocycles. The summed E-state index contributed by atoms with van der Waals surface area (Å²) in [6.45, 7) is 12.8. The number of nitrogens with zero attached hydrogens (tertiary/aromatic N) is 4. The van der Waals surface area contributed by atoms with Gasteiger partial charge in [0.1, 0.15) is 11.3 Å². The average molecular weight is 349 g/mol. The number of alkyl carbamates (subject to hydrolysis) is 1. The summed E-state index contributed by atoms with van der Waals surface area (Å²) in [7, 11) is 0. The summed E-state index contributed by atoms with van der Waals surface area (Å²) in [5.74, 6) is 1.31. The molecule has 0 unspecified atom stereocenters. The van der Waals surface area contributed by atoms with Crippen LogP contribution in [0.3, 0.4) is 0 Å². The molecule has 0 aliphatic carbocycles. The van der Waals surface area contributed by atoms with E-state index in [2.05, 4.69) is 34.4 Å². The lowest BCUT2D eigenvalue weighted by molar-refractivity contribution is 0.0524. The summed E-state index contributed by atoms with van der Waals surface area (Å²) in [5.41, 5.74) is 0.265. The van der Waals surface area contributed by atoms with E-state index in [4.69, 9.17) is 9.26 Å². The van der Waals surface area contributed by atoms with Crippen molar-refractivity contribution >= 4 is 6.09 Å². The lowest BCUT2D eigenvalue weighted by atomic mass is 10.1. The van der Waals surface area contributed by atoms with Crippen LogP contribution in [0, 0.1) is 5.92 Å². The van der Waals surface area contributed by atoms with Crippen molar-refractivity contribution in [3.63, 3.8) is 0 Å². The van der Waals surface area contributed by atoms with Crippen LogP contribution in [0.15, 0.2) is 16.8 Å². The van der Waals surface area contributed by atoms with E-state index in [0.29, 0.717) is 24.2 Å². The Kier molecular flexibility index (Phi) is 5.81. The van der Waals surface area contributed by atoms with Crippen molar-refractivity contribution in [2.75, 3.05) is 6.54 Å². The monoisotopic (exact) mass is 349 g/mol. The Labute approximate surface area is 147 Å². The summed E-state index contributed by atoms with van der Waals surface area (Å²) >= 11 is 0. The lowest BCUT2D eigenvalue weighted by Gasteiger charge is -2.20. The molecule has 1 N–H and O–H groups in total. The molecule has 2 rings (SSSR count). The van der Waals surface area contributed by atoms with Gasteiger partial charge in [-0.05, 0) is 32.8 Å². The number of hydrogen-bond acceptors (Lipinski definition) is 6. The fourth-order valence-electron chi connectivity index (χ4n) is 2.19. The highest BCUT2D eigenvalue weighted by Crippen LogP contribution is 2.20. The number of amides is 1. The first-order chi connectivity index (χ1) is 11.7. The summed E-state index contributed by atoms with van der Waals surface area (Å²) in [6.07, 6.45) is 1.26.